The van der Waals surface area contributed by atoms with Crippen molar-refractivity contribution in [1.82, 2.24) is 19.9 Å². The lowest BCUT2D eigenvalue weighted by Gasteiger charge is -2.35. The Kier molecular flexibility index (Phi) is 12.8. The quantitative estimate of drug-likeness (QED) is 0.0886. The van der Waals surface area contributed by atoms with E-state index >= 15 is 35.1 Å². The predicted octanol–water partition coefficient (Wildman–Crippen LogP) is 18.4. The van der Waals surface area contributed by atoms with E-state index in [1.165, 1.54) is 48.5 Å². The lowest BCUT2D eigenvalue weighted by molar-refractivity contribution is 0.583. The maximum atomic E-state index is 15.8. The molecule has 0 bridgehead atoms. The van der Waals surface area contributed by atoms with Gasteiger partial charge in [0, 0.05) is 81.4 Å². The third-order valence-corrected chi connectivity index (χ3v) is 14.1. The standard InChI is InChI=1S/C64H42F8N8/c1-35-55(9-5-17-73-35)77(47-25-39(65)21-40(66)26-47)59-33-60(78(56-10-6-18-74-36(56)2)48-27-41(67)22-42(68)28-48)52-15-16-54-62(80(58-12-8-20-76-38(58)4)50-31-45(71)24-46(72)32-50)34-61(53-14-13-51(59)63(52)64(53)54)79(57-11-7-19-75-37(57)3)49-29-43(69)23-44(70)30-49/h5-34H,1-4H3. The van der Waals surface area contributed by atoms with E-state index in [-0.39, 0.29) is 22.7 Å². The van der Waals surface area contributed by atoms with Crippen LogP contribution < -0.4 is 19.6 Å². The van der Waals surface area contributed by atoms with E-state index in [0.717, 1.165) is 24.3 Å². The lowest BCUT2D eigenvalue weighted by Crippen LogP contribution is -2.18. The van der Waals surface area contributed by atoms with Crippen LogP contribution in [0.1, 0.15) is 22.8 Å². The first kappa shape index (κ1) is 50.8. The fourth-order valence-corrected chi connectivity index (χ4v) is 10.8. The molecule has 12 aromatic rings. The Morgan fingerprint density at radius 2 is 0.450 bits per heavy atom. The highest BCUT2D eigenvalue weighted by molar-refractivity contribution is 6.33. The zero-order valence-corrected chi connectivity index (χ0v) is 42.9. The molecule has 0 radical (unpaired) electrons. The summed E-state index contributed by atoms with van der Waals surface area (Å²) in [6.07, 6.45) is 6.31. The molecule has 80 heavy (non-hydrogen) atoms. The van der Waals surface area contributed by atoms with Crippen molar-refractivity contribution in [3.63, 3.8) is 0 Å². The van der Waals surface area contributed by atoms with Crippen molar-refractivity contribution < 1.29 is 35.1 Å². The SMILES string of the molecule is Cc1ncccc1N(c1cc(F)cc(F)c1)c1cc(N(c2cc(F)cc(F)c2)c2cccnc2C)c2ccc3c(N(c4cc(F)cc(F)c4)c4cccnc4C)cc(N(c4cc(F)cc(F)c4)c4cccnc4C)c4ccc1c2c43. The van der Waals surface area contributed by atoms with E-state index in [1.807, 2.05) is 24.3 Å². The Morgan fingerprint density at radius 1 is 0.250 bits per heavy atom. The van der Waals surface area contributed by atoms with E-state index in [4.69, 9.17) is 0 Å². The van der Waals surface area contributed by atoms with Crippen LogP contribution in [-0.4, -0.2) is 19.9 Å². The van der Waals surface area contributed by atoms with E-state index in [0.29, 0.717) is 101 Å². The van der Waals surface area contributed by atoms with Crippen LogP contribution in [0.15, 0.2) is 183 Å². The van der Waals surface area contributed by atoms with Gasteiger partial charge in [0.25, 0.3) is 0 Å². The van der Waals surface area contributed by atoms with Crippen molar-refractivity contribution in [2.24, 2.45) is 0 Å². The maximum Gasteiger partial charge on any atom is 0.128 e. The lowest BCUT2D eigenvalue weighted by atomic mass is 9.89. The second kappa shape index (κ2) is 20.1. The minimum atomic E-state index is -0.888. The minimum Gasteiger partial charge on any atom is -0.308 e. The maximum absolute atomic E-state index is 15.8. The van der Waals surface area contributed by atoms with Gasteiger partial charge in [-0.1, -0.05) is 24.3 Å². The molecule has 0 spiro atoms. The number of nitrogens with zero attached hydrogens (tertiary/aromatic N) is 8. The molecule has 0 N–H and O–H groups in total. The molecule has 12 rings (SSSR count). The molecule has 8 aromatic carbocycles. The molecule has 0 amide bonds. The first-order valence-corrected chi connectivity index (χ1v) is 25.1. The van der Waals surface area contributed by atoms with Gasteiger partial charge in [-0.3, -0.25) is 19.9 Å². The summed E-state index contributed by atoms with van der Waals surface area (Å²) < 4.78 is 126. The number of halogens is 8. The van der Waals surface area contributed by atoms with Gasteiger partial charge >= 0.3 is 0 Å². The summed E-state index contributed by atoms with van der Waals surface area (Å²) in [7, 11) is 0. The summed E-state index contributed by atoms with van der Waals surface area (Å²) in [6, 6.07) is 36.8. The van der Waals surface area contributed by atoms with Gasteiger partial charge in [0.1, 0.15) is 46.5 Å². The van der Waals surface area contributed by atoms with Gasteiger partial charge in [-0.05, 0) is 137 Å². The van der Waals surface area contributed by atoms with E-state index in [2.05, 4.69) is 19.9 Å². The summed E-state index contributed by atoms with van der Waals surface area (Å²) in [5, 5.41) is 2.79. The van der Waals surface area contributed by atoms with Crippen molar-refractivity contribution in [1.29, 1.82) is 0 Å². The number of hydrogen-bond acceptors (Lipinski definition) is 8. The van der Waals surface area contributed by atoms with Crippen LogP contribution in [0.3, 0.4) is 0 Å². The van der Waals surface area contributed by atoms with Crippen molar-refractivity contribution >= 4 is 101 Å². The van der Waals surface area contributed by atoms with Crippen LogP contribution in [0.5, 0.6) is 0 Å². The summed E-state index contributed by atoms with van der Waals surface area (Å²) in [4.78, 5) is 25.0. The van der Waals surface area contributed by atoms with Crippen LogP contribution in [0.25, 0.3) is 32.3 Å². The van der Waals surface area contributed by atoms with Gasteiger partial charge in [0.2, 0.25) is 0 Å². The Morgan fingerprint density at radius 3 is 0.637 bits per heavy atom. The number of rotatable bonds is 12. The van der Waals surface area contributed by atoms with Gasteiger partial charge in [0.05, 0.1) is 91.0 Å². The summed E-state index contributed by atoms with van der Waals surface area (Å²) in [5.41, 5.74) is 4.80. The molecule has 0 fully saturated rings. The van der Waals surface area contributed by atoms with Gasteiger partial charge in [-0.25, -0.2) is 35.1 Å². The molecule has 0 aliphatic heterocycles. The number of pyridine rings is 4. The normalized spacial score (nSPS) is 11.5. The van der Waals surface area contributed by atoms with Crippen LogP contribution >= 0.6 is 0 Å². The van der Waals surface area contributed by atoms with Crippen LogP contribution in [0.4, 0.5) is 103 Å². The molecular formula is C64H42F8N8. The third-order valence-electron chi connectivity index (χ3n) is 14.1. The third kappa shape index (κ3) is 9.03. The second-order valence-electron chi connectivity index (χ2n) is 19.2. The van der Waals surface area contributed by atoms with Crippen molar-refractivity contribution in [3.8, 4) is 0 Å². The summed E-state index contributed by atoms with van der Waals surface area (Å²) >= 11 is 0. The molecule has 4 aromatic heterocycles. The fourth-order valence-electron chi connectivity index (χ4n) is 10.8. The Balaban J connectivity index is 1.34. The van der Waals surface area contributed by atoms with Crippen molar-refractivity contribution in [2.75, 3.05) is 19.6 Å². The molecule has 0 aliphatic carbocycles. The highest BCUT2D eigenvalue weighted by Gasteiger charge is 2.31. The van der Waals surface area contributed by atoms with Gasteiger partial charge in [-0.15, -0.1) is 0 Å². The predicted molar refractivity (Wildman–Crippen MR) is 299 cm³/mol. The van der Waals surface area contributed by atoms with Crippen LogP contribution in [0.2, 0.25) is 0 Å². The summed E-state index contributed by atoms with van der Waals surface area (Å²) in [5.74, 6) is -7.11. The first-order valence-electron chi connectivity index (χ1n) is 25.1. The molecular weight excluding hydrogens is 1030 g/mol. The number of benzene rings is 8. The zero-order chi connectivity index (χ0) is 55.7. The monoisotopic (exact) mass is 1070 g/mol. The van der Waals surface area contributed by atoms with Gasteiger partial charge in [0.15, 0.2) is 0 Å². The molecule has 0 saturated carbocycles. The molecule has 0 aliphatic rings. The van der Waals surface area contributed by atoms with Crippen LogP contribution in [-0.2, 0) is 0 Å². The molecule has 0 saturated heterocycles. The van der Waals surface area contributed by atoms with Crippen molar-refractivity contribution in [2.45, 2.75) is 27.7 Å². The molecule has 4 heterocycles. The average Bonchev–Trinajstić information content (AvgIpc) is 3.56. The zero-order valence-electron chi connectivity index (χ0n) is 42.9. The van der Waals surface area contributed by atoms with Crippen LogP contribution in [0, 0.1) is 74.2 Å². The van der Waals surface area contributed by atoms with Gasteiger partial charge in [-0.2, -0.15) is 0 Å². The molecule has 8 nitrogen and oxygen atoms in total. The number of hydrogen-bond donors (Lipinski definition) is 0. The number of anilines is 12. The Hall–Kier alpha value is -9.96. The molecule has 0 atom stereocenters. The van der Waals surface area contributed by atoms with E-state index in [9.17, 15) is 0 Å². The Labute approximate surface area is 453 Å². The fraction of sp³-hybridized carbons (Fsp3) is 0.0625. The van der Waals surface area contributed by atoms with E-state index in [1.54, 1.807) is 133 Å². The molecule has 394 valence electrons. The van der Waals surface area contributed by atoms with E-state index < -0.39 is 46.5 Å². The first-order chi connectivity index (χ1) is 38.6. The Bertz CT molecular complexity index is 3790. The smallest absolute Gasteiger partial charge is 0.128 e. The largest absolute Gasteiger partial charge is 0.308 e. The average molecular weight is 1080 g/mol. The number of aryl methyl sites for hydroxylation is 4. The highest BCUT2D eigenvalue weighted by Crippen LogP contribution is 2.56. The molecule has 0 unspecified atom stereocenters. The molecule has 16 heteroatoms. The second-order valence-corrected chi connectivity index (χ2v) is 19.2. The van der Waals surface area contributed by atoms with Crippen molar-refractivity contribution in [3.05, 3.63) is 252 Å². The van der Waals surface area contributed by atoms with Gasteiger partial charge < -0.3 is 19.6 Å². The summed E-state index contributed by atoms with van der Waals surface area (Å²) in [6.45, 7) is 6.96. The topological polar surface area (TPSA) is 64.5 Å². The number of aromatic nitrogens is 4. The minimum absolute atomic E-state index is 0.0413. The highest BCUT2D eigenvalue weighted by atomic mass is 19.2.